The zero-order valence-electron chi connectivity index (χ0n) is 14.2. The SMILES string of the molecule is COCCNN1C(=O)c2cccc3c(OCCOC)ccc(c23)C1=O. The number of hydrazine groups is 1. The molecule has 0 aliphatic carbocycles. The highest BCUT2D eigenvalue weighted by atomic mass is 16.5. The molecule has 0 radical (unpaired) electrons. The molecule has 0 atom stereocenters. The molecule has 2 aromatic carbocycles. The second kappa shape index (κ2) is 7.60. The largest absolute Gasteiger partial charge is 0.491 e. The van der Waals surface area contributed by atoms with Crippen molar-refractivity contribution in [1.29, 1.82) is 0 Å². The number of hydrogen-bond donors (Lipinski definition) is 1. The minimum atomic E-state index is -0.381. The Morgan fingerprint density at radius 2 is 1.64 bits per heavy atom. The summed E-state index contributed by atoms with van der Waals surface area (Å²) in [5.41, 5.74) is 3.76. The van der Waals surface area contributed by atoms with Gasteiger partial charge in [0.2, 0.25) is 0 Å². The molecule has 132 valence electrons. The Labute approximate surface area is 145 Å². The van der Waals surface area contributed by atoms with E-state index < -0.39 is 0 Å². The van der Waals surface area contributed by atoms with E-state index in [0.29, 0.717) is 48.6 Å². The van der Waals surface area contributed by atoms with Crippen molar-refractivity contribution in [3.05, 3.63) is 41.5 Å². The van der Waals surface area contributed by atoms with Gasteiger partial charge in [0, 0.05) is 31.5 Å². The first-order valence-corrected chi connectivity index (χ1v) is 7.97. The van der Waals surface area contributed by atoms with Crippen LogP contribution in [0.5, 0.6) is 5.75 Å². The normalized spacial score (nSPS) is 13.6. The van der Waals surface area contributed by atoms with E-state index in [1.54, 1.807) is 38.5 Å². The van der Waals surface area contributed by atoms with E-state index in [1.807, 2.05) is 6.07 Å². The number of amides is 2. The minimum absolute atomic E-state index is 0.359. The highest BCUT2D eigenvalue weighted by Crippen LogP contribution is 2.35. The van der Waals surface area contributed by atoms with Crippen LogP contribution in [0.2, 0.25) is 0 Å². The fraction of sp³-hybridized carbons (Fsp3) is 0.333. The third-order valence-electron chi connectivity index (χ3n) is 3.99. The zero-order chi connectivity index (χ0) is 17.8. The second-order valence-corrected chi connectivity index (χ2v) is 5.53. The molecule has 0 unspecified atom stereocenters. The number of carbonyl (C=O) groups is 2. The molecular weight excluding hydrogens is 324 g/mol. The van der Waals surface area contributed by atoms with Crippen LogP contribution in [0.15, 0.2) is 30.3 Å². The van der Waals surface area contributed by atoms with Crippen molar-refractivity contribution < 1.29 is 23.8 Å². The third-order valence-corrected chi connectivity index (χ3v) is 3.99. The van der Waals surface area contributed by atoms with Gasteiger partial charge in [0.15, 0.2) is 0 Å². The lowest BCUT2D eigenvalue weighted by Gasteiger charge is -2.27. The van der Waals surface area contributed by atoms with Gasteiger partial charge in [-0.05, 0) is 18.2 Å². The third kappa shape index (κ3) is 3.21. The number of methoxy groups -OCH3 is 2. The number of nitrogens with one attached hydrogen (secondary N) is 1. The molecule has 0 bridgehead atoms. The first kappa shape index (κ1) is 17.3. The van der Waals surface area contributed by atoms with Crippen LogP contribution in [-0.2, 0) is 9.47 Å². The summed E-state index contributed by atoms with van der Waals surface area (Å²) in [5, 5.41) is 2.41. The molecule has 2 aromatic rings. The number of ether oxygens (including phenoxy) is 3. The molecule has 0 saturated heterocycles. The summed E-state index contributed by atoms with van der Waals surface area (Å²) in [5.74, 6) is -0.138. The van der Waals surface area contributed by atoms with E-state index in [4.69, 9.17) is 14.2 Å². The van der Waals surface area contributed by atoms with Crippen LogP contribution in [0.3, 0.4) is 0 Å². The van der Waals surface area contributed by atoms with Crippen molar-refractivity contribution in [2.75, 3.05) is 40.6 Å². The first-order valence-electron chi connectivity index (χ1n) is 7.97. The molecule has 7 heteroatoms. The van der Waals surface area contributed by atoms with Crippen molar-refractivity contribution in [1.82, 2.24) is 10.4 Å². The van der Waals surface area contributed by atoms with E-state index >= 15 is 0 Å². The second-order valence-electron chi connectivity index (χ2n) is 5.53. The predicted molar refractivity (Wildman–Crippen MR) is 91.7 cm³/mol. The Morgan fingerprint density at radius 1 is 0.920 bits per heavy atom. The minimum Gasteiger partial charge on any atom is -0.491 e. The quantitative estimate of drug-likeness (QED) is 0.579. The van der Waals surface area contributed by atoms with Crippen molar-refractivity contribution in [3.8, 4) is 5.75 Å². The smallest absolute Gasteiger partial charge is 0.275 e. The van der Waals surface area contributed by atoms with Crippen LogP contribution >= 0.6 is 0 Å². The zero-order valence-corrected chi connectivity index (χ0v) is 14.2. The topological polar surface area (TPSA) is 77.1 Å². The van der Waals surface area contributed by atoms with E-state index in [-0.39, 0.29) is 11.8 Å². The van der Waals surface area contributed by atoms with Gasteiger partial charge in [0.05, 0.1) is 24.3 Å². The van der Waals surface area contributed by atoms with E-state index in [1.165, 1.54) is 0 Å². The van der Waals surface area contributed by atoms with Crippen LogP contribution in [-0.4, -0.2) is 57.4 Å². The summed E-state index contributed by atoms with van der Waals surface area (Å²) in [6, 6.07) is 8.78. The average molecular weight is 344 g/mol. The number of imide groups is 1. The van der Waals surface area contributed by atoms with Gasteiger partial charge in [0.1, 0.15) is 12.4 Å². The molecule has 1 aliphatic rings. The maximum atomic E-state index is 12.7. The van der Waals surface area contributed by atoms with E-state index in [2.05, 4.69) is 5.43 Å². The number of nitrogens with zero attached hydrogens (tertiary/aromatic N) is 1. The van der Waals surface area contributed by atoms with Crippen molar-refractivity contribution >= 4 is 22.6 Å². The summed E-state index contributed by atoms with van der Waals surface area (Å²) < 4.78 is 15.7. The van der Waals surface area contributed by atoms with Crippen molar-refractivity contribution in [3.63, 3.8) is 0 Å². The Hall–Kier alpha value is -2.48. The highest BCUT2D eigenvalue weighted by Gasteiger charge is 2.33. The van der Waals surface area contributed by atoms with E-state index in [0.717, 1.165) is 10.4 Å². The van der Waals surface area contributed by atoms with Crippen LogP contribution in [0.4, 0.5) is 0 Å². The van der Waals surface area contributed by atoms with Gasteiger partial charge < -0.3 is 14.2 Å². The summed E-state index contributed by atoms with van der Waals surface area (Å²) >= 11 is 0. The molecule has 0 saturated carbocycles. The Morgan fingerprint density at radius 3 is 2.36 bits per heavy atom. The molecular formula is C18H20N2O5. The fourth-order valence-corrected chi connectivity index (χ4v) is 2.83. The number of rotatable bonds is 8. The highest BCUT2D eigenvalue weighted by molar-refractivity contribution is 6.25. The standard InChI is InChI=1S/C18H20N2O5/c1-23-9-8-19-20-17(21)13-5-3-4-12-15(25-11-10-24-2)7-6-14(16(12)13)18(20)22/h3-7,19H,8-11H2,1-2H3. The Bertz CT molecular complexity index is 783. The van der Waals surface area contributed by atoms with Gasteiger partial charge in [-0.3, -0.25) is 9.59 Å². The van der Waals surface area contributed by atoms with Gasteiger partial charge in [-0.1, -0.05) is 12.1 Å². The Kier molecular flexibility index (Phi) is 5.28. The maximum absolute atomic E-state index is 12.7. The molecule has 2 amide bonds. The van der Waals surface area contributed by atoms with Gasteiger partial charge in [0.25, 0.3) is 11.8 Å². The molecule has 1 N–H and O–H groups in total. The number of benzene rings is 2. The molecule has 25 heavy (non-hydrogen) atoms. The summed E-state index contributed by atoms with van der Waals surface area (Å²) in [4.78, 5) is 25.4. The van der Waals surface area contributed by atoms with E-state index in [9.17, 15) is 9.59 Å². The van der Waals surface area contributed by atoms with Crippen LogP contribution in [0.1, 0.15) is 20.7 Å². The molecule has 7 nitrogen and oxygen atoms in total. The summed E-state index contributed by atoms with van der Waals surface area (Å²) in [7, 11) is 3.16. The van der Waals surface area contributed by atoms with Gasteiger partial charge >= 0.3 is 0 Å². The maximum Gasteiger partial charge on any atom is 0.275 e. The Balaban J connectivity index is 2.00. The lowest BCUT2D eigenvalue weighted by molar-refractivity contribution is 0.0500. The molecule has 0 aromatic heterocycles. The van der Waals surface area contributed by atoms with Gasteiger partial charge in [-0.2, -0.15) is 0 Å². The molecule has 0 fully saturated rings. The first-order chi connectivity index (χ1) is 12.2. The lowest BCUT2D eigenvalue weighted by Crippen LogP contribution is -2.50. The van der Waals surface area contributed by atoms with Gasteiger partial charge in [-0.15, -0.1) is 0 Å². The molecule has 1 heterocycles. The monoisotopic (exact) mass is 344 g/mol. The number of hydrogen-bond acceptors (Lipinski definition) is 6. The van der Waals surface area contributed by atoms with Gasteiger partial charge in [-0.25, -0.2) is 10.4 Å². The summed E-state index contributed by atoms with van der Waals surface area (Å²) in [6.45, 7) is 1.59. The predicted octanol–water partition coefficient (Wildman–Crippen LogP) is 1.61. The molecule has 1 aliphatic heterocycles. The average Bonchev–Trinajstić information content (AvgIpc) is 2.63. The summed E-state index contributed by atoms with van der Waals surface area (Å²) in [6.07, 6.45) is 0. The molecule has 0 spiro atoms. The van der Waals surface area contributed by atoms with Crippen molar-refractivity contribution in [2.45, 2.75) is 0 Å². The van der Waals surface area contributed by atoms with Crippen LogP contribution in [0.25, 0.3) is 10.8 Å². The lowest BCUT2D eigenvalue weighted by atomic mass is 9.94. The fourth-order valence-electron chi connectivity index (χ4n) is 2.83. The van der Waals surface area contributed by atoms with Crippen LogP contribution in [0, 0.1) is 0 Å². The number of carbonyl (C=O) groups excluding carboxylic acids is 2. The molecule has 3 rings (SSSR count). The van der Waals surface area contributed by atoms with Crippen LogP contribution < -0.4 is 10.2 Å². The van der Waals surface area contributed by atoms with Crippen molar-refractivity contribution in [2.24, 2.45) is 0 Å².